The number of anilines is 1. The van der Waals surface area contributed by atoms with Gasteiger partial charge in [0.2, 0.25) is 5.91 Å². The van der Waals surface area contributed by atoms with Crippen LogP contribution in [0.15, 0.2) is 29.6 Å². The molecule has 1 N–H and O–H groups in total. The second-order valence-electron chi connectivity index (χ2n) is 11.1. The lowest BCUT2D eigenvalue weighted by Crippen LogP contribution is -2.56. The van der Waals surface area contributed by atoms with Crippen LogP contribution >= 0.6 is 11.3 Å². The fourth-order valence-electron chi connectivity index (χ4n) is 6.67. The molecule has 3 nitrogen and oxygen atoms in total. The summed E-state index contributed by atoms with van der Waals surface area (Å²) in [5.41, 5.74) is 4.22. The van der Waals surface area contributed by atoms with Crippen molar-refractivity contribution in [2.75, 3.05) is 5.32 Å². The molecule has 154 valence electrons. The van der Waals surface area contributed by atoms with Gasteiger partial charge in [-0.2, -0.15) is 0 Å². The summed E-state index contributed by atoms with van der Waals surface area (Å²) in [5, 5.41) is 6.04. The quantitative estimate of drug-likeness (QED) is 0.654. The summed E-state index contributed by atoms with van der Waals surface area (Å²) in [6.07, 6.45) is 7.83. The Balaban J connectivity index is 1.47. The van der Waals surface area contributed by atoms with Crippen LogP contribution in [0.1, 0.15) is 76.1 Å². The van der Waals surface area contributed by atoms with Gasteiger partial charge in [-0.05, 0) is 68.3 Å². The van der Waals surface area contributed by atoms with E-state index in [0.717, 1.165) is 17.0 Å². The molecular weight excluding hydrogens is 376 g/mol. The Kier molecular flexibility index (Phi) is 4.26. The van der Waals surface area contributed by atoms with Crippen molar-refractivity contribution in [1.29, 1.82) is 0 Å². The second kappa shape index (κ2) is 6.41. The number of carbonyl (C=O) groups is 1. The Labute approximate surface area is 178 Å². The van der Waals surface area contributed by atoms with E-state index in [0.29, 0.717) is 5.41 Å². The van der Waals surface area contributed by atoms with E-state index < -0.39 is 5.41 Å². The second-order valence-corrected chi connectivity index (χ2v) is 12.0. The lowest BCUT2D eigenvalue weighted by molar-refractivity contribution is -0.123. The van der Waals surface area contributed by atoms with Gasteiger partial charge in [-0.1, -0.05) is 50.6 Å². The van der Waals surface area contributed by atoms with Gasteiger partial charge in [-0.3, -0.25) is 4.79 Å². The standard InChI is InChI=1S/C25H32N2OS/c1-16-5-7-19(8-6-16)24-10-17-9-18(11-24)13-25(12-17,15-24)20-14-29-22(26-20)27-21(28)23(2,3)4/h5-8,14,17-18H,9-13,15H2,1-4H3,(H,26,27,28)/t17-,18-,24?,25?/m0/s1. The van der Waals surface area contributed by atoms with Crippen molar-refractivity contribution in [2.24, 2.45) is 17.3 Å². The highest BCUT2D eigenvalue weighted by Gasteiger charge is 2.59. The molecule has 2 atom stereocenters. The van der Waals surface area contributed by atoms with Crippen LogP contribution in [0.25, 0.3) is 0 Å². The number of aryl methyl sites for hydroxylation is 1. The van der Waals surface area contributed by atoms with Crippen LogP contribution in [-0.2, 0) is 15.6 Å². The van der Waals surface area contributed by atoms with Crippen molar-refractivity contribution in [3.63, 3.8) is 0 Å². The molecule has 2 aromatic rings. The largest absolute Gasteiger partial charge is 0.302 e. The number of nitrogens with zero attached hydrogens (tertiary/aromatic N) is 1. The van der Waals surface area contributed by atoms with Gasteiger partial charge >= 0.3 is 0 Å². The predicted molar refractivity (Wildman–Crippen MR) is 119 cm³/mol. The average Bonchev–Trinajstić information content (AvgIpc) is 3.10. The lowest BCUT2D eigenvalue weighted by Gasteiger charge is -2.62. The monoisotopic (exact) mass is 408 g/mol. The maximum Gasteiger partial charge on any atom is 0.231 e. The van der Waals surface area contributed by atoms with E-state index in [1.807, 2.05) is 20.8 Å². The zero-order valence-corrected chi connectivity index (χ0v) is 18.9. The molecule has 4 bridgehead atoms. The molecule has 0 aliphatic heterocycles. The third kappa shape index (κ3) is 3.24. The van der Waals surface area contributed by atoms with Gasteiger partial charge < -0.3 is 5.32 Å². The van der Waals surface area contributed by atoms with Crippen molar-refractivity contribution >= 4 is 22.4 Å². The van der Waals surface area contributed by atoms with Crippen LogP contribution in [0.4, 0.5) is 5.13 Å². The molecule has 4 heteroatoms. The highest BCUT2D eigenvalue weighted by molar-refractivity contribution is 7.14. The molecule has 1 amide bonds. The molecule has 4 aliphatic rings. The van der Waals surface area contributed by atoms with E-state index in [1.165, 1.54) is 55.3 Å². The Morgan fingerprint density at radius 1 is 1.07 bits per heavy atom. The number of hydrogen-bond donors (Lipinski definition) is 1. The molecule has 4 fully saturated rings. The van der Waals surface area contributed by atoms with E-state index in [4.69, 9.17) is 4.98 Å². The van der Waals surface area contributed by atoms with Crippen molar-refractivity contribution in [3.05, 3.63) is 46.5 Å². The van der Waals surface area contributed by atoms with E-state index >= 15 is 0 Å². The molecule has 4 saturated carbocycles. The van der Waals surface area contributed by atoms with Crippen molar-refractivity contribution in [1.82, 2.24) is 4.98 Å². The number of rotatable bonds is 3. The van der Waals surface area contributed by atoms with Gasteiger partial charge in [0.1, 0.15) is 0 Å². The van der Waals surface area contributed by atoms with Gasteiger partial charge in [-0.25, -0.2) is 4.98 Å². The van der Waals surface area contributed by atoms with Crippen LogP contribution in [0.5, 0.6) is 0 Å². The van der Waals surface area contributed by atoms with Gasteiger partial charge in [0.25, 0.3) is 0 Å². The molecule has 1 heterocycles. The molecular formula is C25H32N2OS. The van der Waals surface area contributed by atoms with Crippen LogP contribution < -0.4 is 5.32 Å². The van der Waals surface area contributed by atoms with Crippen LogP contribution in [0.2, 0.25) is 0 Å². The smallest absolute Gasteiger partial charge is 0.231 e. The first-order chi connectivity index (χ1) is 13.7. The van der Waals surface area contributed by atoms with Gasteiger partial charge in [0.15, 0.2) is 5.13 Å². The molecule has 0 radical (unpaired) electrons. The molecule has 0 spiro atoms. The summed E-state index contributed by atoms with van der Waals surface area (Å²) in [4.78, 5) is 17.4. The number of nitrogens with one attached hydrogen (secondary N) is 1. The third-order valence-corrected chi connectivity index (χ3v) is 8.43. The van der Waals surface area contributed by atoms with Gasteiger partial charge in [0, 0.05) is 16.2 Å². The number of aromatic nitrogens is 1. The number of benzene rings is 1. The maximum atomic E-state index is 12.4. The number of hydrogen-bond acceptors (Lipinski definition) is 3. The van der Waals surface area contributed by atoms with Crippen molar-refractivity contribution in [2.45, 2.75) is 77.0 Å². The van der Waals surface area contributed by atoms with E-state index in [2.05, 4.69) is 41.9 Å². The number of thiazole rings is 1. The predicted octanol–water partition coefficient (Wildman–Crippen LogP) is 6.23. The van der Waals surface area contributed by atoms with Crippen LogP contribution in [0, 0.1) is 24.2 Å². The fraction of sp³-hybridized carbons (Fsp3) is 0.600. The topological polar surface area (TPSA) is 42.0 Å². The lowest BCUT2D eigenvalue weighted by atomic mass is 9.42. The molecule has 0 unspecified atom stereocenters. The van der Waals surface area contributed by atoms with Crippen LogP contribution in [0.3, 0.4) is 0 Å². The molecule has 29 heavy (non-hydrogen) atoms. The van der Waals surface area contributed by atoms with Gasteiger partial charge in [-0.15, -0.1) is 11.3 Å². The summed E-state index contributed by atoms with van der Waals surface area (Å²) in [7, 11) is 0. The summed E-state index contributed by atoms with van der Waals surface area (Å²) in [6, 6.07) is 9.32. The maximum absolute atomic E-state index is 12.4. The summed E-state index contributed by atoms with van der Waals surface area (Å²) in [6.45, 7) is 8.01. The van der Waals surface area contributed by atoms with E-state index in [9.17, 15) is 4.79 Å². The Morgan fingerprint density at radius 3 is 2.31 bits per heavy atom. The first-order valence-electron chi connectivity index (χ1n) is 11.0. The van der Waals surface area contributed by atoms with Gasteiger partial charge in [0.05, 0.1) is 5.69 Å². The first-order valence-corrected chi connectivity index (χ1v) is 11.9. The average molecular weight is 409 g/mol. The molecule has 0 saturated heterocycles. The zero-order valence-electron chi connectivity index (χ0n) is 18.0. The number of amides is 1. The first kappa shape index (κ1) is 19.3. The summed E-state index contributed by atoms with van der Waals surface area (Å²) >= 11 is 1.60. The Hall–Kier alpha value is -1.68. The third-order valence-electron chi connectivity index (χ3n) is 7.67. The van der Waals surface area contributed by atoms with Crippen molar-refractivity contribution in [3.8, 4) is 0 Å². The highest BCUT2D eigenvalue weighted by Crippen LogP contribution is 2.66. The minimum Gasteiger partial charge on any atom is -0.302 e. The molecule has 4 aliphatic carbocycles. The van der Waals surface area contributed by atoms with Crippen molar-refractivity contribution < 1.29 is 4.79 Å². The Morgan fingerprint density at radius 2 is 1.69 bits per heavy atom. The zero-order chi connectivity index (χ0) is 20.4. The minimum atomic E-state index is -0.401. The SMILES string of the molecule is Cc1ccc(C23C[C@@H]4C[C@@H](C2)CC(c2csc(NC(=O)C(C)(C)C)n2)(C4)C3)cc1. The molecule has 1 aromatic heterocycles. The number of carbonyl (C=O) groups excluding carboxylic acids is 1. The fourth-order valence-corrected chi connectivity index (χ4v) is 7.50. The Bertz CT molecular complexity index is 922. The van der Waals surface area contributed by atoms with E-state index in [1.54, 1.807) is 11.3 Å². The highest BCUT2D eigenvalue weighted by atomic mass is 32.1. The molecule has 6 rings (SSSR count). The minimum absolute atomic E-state index is 0.0417. The van der Waals surface area contributed by atoms with E-state index in [-0.39, 0.29) is 11.3 Å². The molecule has 1 aromatic carbocycles. The summed E-state index contributed by atoms with van der Waals surface area (Å²) < 4.78 is 0. The van der Waals surface area contributed by atoms with Crippen LogP contribution in [-0.4, -0.2) is 10.9 Å². The normalized spacial score (nSPS) is 33.1. The summed E-state index contributed by atoms with van der Waals surface area (Å²) in [5.74, 6) is 1.67.